The molecule has 0 unspecified atom stereocenters. The van der Waals surface area contributed by atoms with Gasteiger partial charge in [-0.3, -0.25) is 0 Å². The van der Waals surface area contributed by atoms with Crippen molar-refractivity contribution in [1.82, 2.24) is 10.2 Å². The van der Waals surface area contributed by atoms with Gasteiger partial charge >= 0.3 is 0 Å². The van der Waals surface area contributed by atoms with Crippen LogP contribution in [0.4, 0.5) is 0 Å². The van der Waals surface area contributed by atoms with Gasteiger partial charge < -0.3 is 19.7 Å². The molecule has 2 aromatic rings. The quantitative estimate of drug-likeness (QED) is 0.828. The molecule has 130 valence electrons. The first-order chi connectivity index (χ1) is 12.3. The van der Waals surface area contributed by atoms with Crippen LogP contribution >= 0.6 is 23.6 Å². The number of benzene rings is 1. The van der Waals surface area contributed by atoms with Gasteiger partial charge in [-0.1, -0.05) is 6.07 Å². The molecular weight excluding hydrogens is 352 g/mol. The Hall–Kier alpha value is -1.79. The molecule has 1 aliphatic carbocycles. The minimum atomic E-state index is 0.310. The summed E-state index contributed by atoms with van der Waals surface area (Å²) in [5.74, 6) is 2.40. The summed E-state index contributed by atoms with van der Waals surface area (Å²) in [7, 11) is 0. The minimum absolute atomic E-state index is 0.310. The van der Waals surface area contributed by atoms with Gasteiger partial charge in [-0.05, 0) is 72.1 Å². The highest BCUT2D eigenvalue weighted by Crippen LogP contribution is 2.48. The molecule has 1 aromatic carbocycles. The smallest absolute Gasteiger partial charge is 0.231 e. The van der Waals surface area contributed by atoms with Gasteiger partial charge in [-0.25, -0.2) is 0 Å². The standard InChI is InChI=1S/C19H20N2O2S2/c24-19(20-10-12-1-4-15-16(9-12)23-11-22-15)21-7-5-17-14(6-8-25-17)18(21)13-2-3-13/h1,4,6,8-9,13,18H,2-3,5,7,10-11H2,(H,20,24)/t18-/m1/s1. The molecule has 0 radical (unpaired) electrons. The van der Waals surface area contributed by atoms with E-state index >= 15 is 0 Å². The molecule has 0 amide bonds. The molecule has 2 aliphatic heterocycles. The fourth-order valence-electron chi connectivity index (χ4n) is 3.82. The van der Waals surface area contributed by atoms with E-state index in [0.717, 1.165) is 41.1 Å². The first-order valence-corrected chi connectivity index (χ1v) is 10.1. The number of rotatable bonds is 3. The zero-order valence-electron chi connectivity index (χ0n) is 13.9. The molecule has 3 heterocycles. The van der Waals surface area contributed by atoms with Crippen molar-refractivity contribution in [1.29, 1.82) is 0 Å². The van der Waals surface area contributed by atoms with E-state index in [1.54, 1.807) is 4.88 Å². The van der Waals surface area contributed by atoms with Crippen LogP contribution in [0.1, 0.15) is 34.9 Å². The summed E-state index contributed by atoms with van der Waals surface area (Å²) in [6.07, 6.45) is 3.74. The molecular formula is C19H20N2O2S2. The Kier molecular flexibility index (Phi) is 3.82. The Morgan fingerprint density at radius 1 is 1.24 bits per heavy atom. The lowest BCUT2D eigenvalue weighted by molar-refractivity contribution is 0.174. The lowest BCUT2D eigenvalue weighted by Gasteiger charge is -2.38. The van der Waals surface area contributed by atoms with Crippen molar-refractivity contribution in [2.45, 2.75) is 31.8 Å². The van der Waals surface area contributed by atoms with E-state index < -0.39 is 0 Å². The van der Waals surface area contributed by atoms with E-state index in [0.29, 0.717) is 19.4 Å². The summed E-state index contributed by atoms with van der Waals surface area (Å²) in [5, 5.41) is 6.56. The van der Waals surface area contributed by atoms with E-state index in [4.69, 9.17) is 21.7 Å². The van der Waals surface area contributed by atoms with Gasteiger partial charge in [0.15, 0.2) is 16.6 Å². The number of hydrogen-bond acceptors (Lipinski definition) is 4. The lowest BCUT2D eigenvalue weighted by atomic mass is 9.96. The molecule has 1 N–H and O–H groups in total. The fraction of sp³-hybridized carbons (Fsp3) is 0.421. The fourth-order valence-corrected chi connectivity index (χ4v) is 5.01. The van der Waals surface area contributed by atoms with E-state index in [9.17, 15) is 0 Å². The molecule has 0 saturated heterocycles. The zero-order valence-corrected chi connectivity index (χ0v) is 15.5. The van der Waals surface area contributed by atoms with E-state index in [1.807, 2.05) is 23.5 Å². The SMILES string of the molecule is S=C(NCc1ccc2c(c1)OCO2)N1CCc2sccc2[C@H]1C1CC1. The van der Waals surface area contributed by atoms with Gasteiger partial charge in [-0.15, -0.1) is 11.3 Å². The second-order valence-electron chi connectivity index (χ2n) is 6.87. The number of thiophene rings is 1. The second-order valence-corrected chi connectivity index (χ2v) is 8.26. The van der Waals surface area contributed by atoms with Crippen LogP contribution in [0.3, 0.4) is 0 Å². The second kappa shape index (κ2) is 6.18. The maximum atomic E-state index is 5.76. The van der Waals surface area contributed by atoms with Crippen molar-refractivity contribution in [3.05, 3.63) is 45.6 Å². The Morgan fingerprint density at radius 3 is 3.00 bits per heavy atom. The van der Waals surface area contributed by atoms with Gasteiger partial charge in [0.25, 0.3) is 0 Å². The average Bonchev–Trinajstić information content (AvgIpc) is 3.17. The third-order valence-corrected chi connectivity index (χ3v) is 6.60. The first kappa shape index (κ1) is 15.5. The molecule has 0 bridgehead atoms. The van der Waals surface area contributed by atoms with E-state index in [-0.39, 0.29) is 0 Å². The van der Waals surface area contributed by atoms with Crippen LogP contribution in [0, 0.1) is 5.92 Å². The maximum Gasteiger partial charge on any atom is 0.231 e. The molecule has 1 fully saturated rings. The van der Waals surface area contributed by atoms with Crippen molar-refractivity contribution in [3.8, 4) is 11.5 Å². The van der Waals surface area contributed by atoms with Gasteiger partial charge in [0.2, 0.25) is 6.79 Å². The van der Waals surface area contributed by atoms with Gasteiger partial charge in [0.05, 0.1) is 6.04 Å². The summed E-state index contributed by atoms with van der Waals surface area (Å²) >= 11 is 7.66. The first-order valence-electron chi connectivity index (χ1n) is 8.79. The number of nitrogens with one attached hydrogen (secondary N) is 1. The van der Waals surface area contributed by atoms with Crippen LogP contribution in [0.5, 0.6) is 11.5 Å². The molecule has 4 nitrogen and oxygen atoms in total. The van der Waals surface area contributed by atoms with Crippen molar-refractivity contribution in [3.63, 3.8) is 0 Å². The molecule has 1 saturated carbocycles. The van der Waals surface area contributed by atoms with Crippen molar-refractivity contribution in [2.24, 2.45) is 5.92 Å². The molecule has 1 atom stereocenters. The molecule has 0 spiro atoms. The molecule has 6 heteroatoms. The largest absolute Gasteiger partial charge is 0.454 e. The van der Waals surface area contributed by atoms with Crippen molar-refractivity contribution >= 4 is 28.7 Å². The summed E-state index contributed by atoms with van der Waals surface area (Å²) in [5.41, 5.74) is 2.66. The van der Waals surface area contributed by atoms with Gasteiger partial charge in [0, 0.05) is 18.0 Å². The number of thiocarbonyl (C=S) groups is 1. The van der Waals surface area contributed by atoms with Gasteiger partial charge in [-0.2, -0.15) is 0 Å². The van der Waals surface area contributed by atoms with Crippen LogP contribution in [0.25, 0.3) is 0 Å². The predicted octanol–water partition coefficient (Wildman–Crippen LogP) is 3.86. The highest BCUT2D eigenvalue weighted by Gasteiger charge is 2.40. The third kappa shape index (κ3) is 2.87. The molecule has 25 heavy (non-hydrogen) atoms. The number of ether oxygens (including phenoxy) is 2. The molecule has 3 aliphatic rings. The Balaban J connectivity index is 1.29. The number of hydrogen-bond donors (Lipinski definition) is 1. The topological polar surface area (TPSA) is 33.7 Å². The summed E-state index contributed by atoms with van der Waals surface area (Å²) < 4.78 is 10.8. The van der Waals surface area contributed by atoms with Gasteiger partial charge in [0.1, 0.15) is 0 Å². The van der Waals surface area contributed by atoms with Crippen LogP contribution < -0.4 is 14.8 Å². The average molecular weight is 373 g/mol. The van der Waals surface area contributed by atoms with Crippen molar-refractivity contribution in [2.75, 3.05) is 13.3 Å². The highest BCUT2D eigenvalue weighted by molar-refractivity contribution is 7.80. The minimum Gasteiger partial charge on any atom is -0.454 e. The zero-order chi connectivity index (χ0) is 16.8. The van der Waals surface area contributed by atoms with Crippen LogP contribution in [0.2, 0.25) is 0 Å². The number of nitrogens with zero attached hydrogens (tertiary/aromatic N) is 1. The third-order valence-electron chi connectivity index (χ3n) is 5.22. The van der Waals surface area contributed by atoms with Crippen LogP contribution in [0.15, 0.2) is 29.6 Å². The number of fused-ring (bicyclic) bond motifs is 2. The van der Waals surface area contributed by atoms with Crippen LogP contribution in [-0.2, 0) is 13.0 Å². The maximum absolute atomic E-state index is 5.76. The van der Waals surface area contributed by atoms with Crippen LogP contribution in [-0.4, -0.2) is 23.4 Å². The van der Waals surface area contributed by atoms with E-state index in [2.05, 4.69) is 27.7 Å². The Labute approximate surface area is 156 Å². The summed E-state index contributed by atoms with van der Waals surface area (Å²) in [4.78, 5) is 3.96. The Morgan fingerprint density at radius 2 is 2.12 bits per heavy atom. The molecule has 1 aromatic heterocycles. The predicted molar refractivity (Wildman–Crippen MR) is 102 cm³/mol. The Bertz CT molecular complexity index is 816. The van der Waals surface area contributed by atoms with E-state index in [1.165, 1.54) is 18.4 Å². The highest BCUT2D eigenvalue weighted by atomic mass is 32.1. The molecule has 5 rings (SSSR count). The summed E-state index contributed by atoms with van der Waals surface area (Å²) in [6, 6.07) is 8.83. The monoisotopic (exact) mass is 372 g/mol. The lowest BCUT2D eigenvalue weighted by Crippen LogP contribution is -2.45. The summed E-state index contributed by atoms with van der Waals surface area (Å²) in [6.45, 7) is 2.03. The van der Waals surface area contributed by atoms with Crippen molar-refractivity contribution < 1.29 is 9.47 Å². The normalized spacial score (nSPS) is 21.1.